The molecule has 1 saturated heterocycles. The third kappa shape index (κ3) is 2.88. The Hall–Kier alpha value is -1.43. The number of aliphatic hydroxyl groups is 1. The average Bonchev–Trinajstić information content (AvgIpc) is 3.31. The molecule has 4 rings (SSSR count). The summed E-state index contributed by atoms with van der Waals surface area (Å²) in [6.45, 7) is 2.65. The van der Waals surface area contributed by atoms with E-state index in [1.165, 1.54) is 6.42 Å². The minimum Gasteiger partial charge on any atom is -0.389 e. The van der Waals surface area contributed by atoms with Crippen molar-refractivity contribution in [2.24, 2.45) is 17.6 Å². The first-order chi connectivity index (χ1) is 12.0. The molecule has 1 heterocycles. The van der Waals surface area contributed by atoms with Gasteiger partial charge >= 0.3 is 0 Å². The van der Waals surface area contributed by atoms with Gasteiger partial charge in [-0.25, -0.2) is 0 Å². The average molecular weight is 344 g/mol. The van der Waals surface area contributed by atoms with Gasteiger partial charge in [-0.05, 0) is 43.4 Å². The molecule has 2 aliphatic carbocycles. The number of β-amino-alcohol motifs (C(OH)–C–C–N with tert-alkyl or cyclic N) is 1. The van der Waals surface area contributed by atoms with E-state index in [-0.39, 0.29) is 5.60 Å². The van der Waals surface area contributed by atoms with Crippen molar-refractivity contribution in [3.8, 4) is 0 Å². The zero-order valence-corrected chi connectivity index (χ0v) is 14.9. The number of hydrogen-bond donors (Lipinski definition) is 2. The first-order valence-corrected chi connectivity index (χ1v) is 9.37. The fourth-order valence-corrected chi connectivity index (χ4v) is 5.21. The molecule has 3 aliphatic rings. The molecule has 2 bridgehead atoms. The molecule has 1 aromatic carbocycles. The largest absolute Gasteiger partial charge is 0.389 e. The minimum atomic E-state index is -0.451. The Labute approximate surface area is 149 Å². The lowest BCUT2D eigenvalue weighted by Gasteiger charge is -2.55. The molecule has 3 N–H and O–H groups in total. The lowest BCUT2D eigenvalue weighted by atomic mass is 9.62. The molecule has 5 nitrogen and oxygen atoms in total. The SMILES string of the molecule is CO[C@]1(c2cccc(C(N)=O)c2)[C@@H]2CCC[C@H]1CN(CC1(O)CC1)C2. The van der Waals surface area contributed by atoms with Crippen molar-refractivity contribution in [1.82, 2.24) is 4.90 Å². The maximum absolute atomic E-state index is 11.6. The second kappa shape index (κ2) is 6.08. The van der Waals surface area contributed by atoms with Crippen molar-refractivity contribution in [1.29, 1.82) is 0 Å². The molecule has 0 radical (unpaired) electrons. The number of methoxy groups -OCH3 is 1. The van der Waals surface area contributed by atoms with E-state index < -0.39 is 11.5 Å². The Bertz CT molecular complexity index is 657. The minimum absolute atomic E-state index is 0.355. The van der Waals surface area contributed by atoms with Crippen molar-refractivity contribution in [2.45, 2.75) is 43.3 Å². The van der Waals surface area contributed by atoms with Crippen LogP contribution in [-0.2, 0) is 10.3 Å². The van der Waals surface area contributed by atoms with Gasteiger partial charge in [0.15, 0.2) is 0 Å². The Morgan fingerprint density at radius 1 is 1.32 bits per heavy atom. The van der Waals surface area contributed by atoms with Crippen molar-refractivity contribution in [3.63, 3.8) is 0 Å². The van der Waals surface area contributed by atoms with Crippen LogP contribution in [0.3, 0.4) is 0 Å². The Kier molecular flexibility index (Phi) is 4.13. The molecule has 0 spiro atoms. The van der Waals surface area contributed by atoms with Gasteiger partial charge in [0.25, 0.3) is 0 Å². The van der Waals surface area contributed by atoms with Crippen LogP contribution in [0.1, 0.15) is 48.0 Å². The van der Waals surface area contributed by atoms with Crippen LogP contribution in [0.5, 0.6) is 0 Å². The molecule has 136 valence electrons. The van der Waals surface area contributed by atoms with Crippen LogP contribution in [-0.4, -0.2) is 48.3 Å². The highest BCUT2D eigenvalue weighted by Crippen LogP contribution is 2.52. The topological polar surface area (TPSA) is 75.8 Å². The quantitative estimate of drug-likeness (QED) is 0.855. The van der Waals surface area contributed by atoms with E-state index in [4.69, 9.17) is 10.5 Å². The number of nitrogens with two attached hydrogens (primary N) is 1. The number of piperidine rings is 1. The maximum Gasteiger partial charge on any atom is 0.248 e. The van der Waals surface area contributed by atoms with Gasteiger partial charge in [-0.15, -0.1) is 0 Å². The molecule has 1 aromatic rings. The number of carbonyl (C=O) groups excluding carboxylic acids is 1. The molecule has 0 aromatic heterocycles. The number of amides is 1. The number of likely N-dealkylation sites (tertiary alicyclic amines) is 1. The second-order valence-corrected chi connectivity index (χ2v) is 8.19. The maximum atomic E-state index is 11.6. The summed E-state index contributed by atoms with van der Waals surface area (Å²) < 4.78 is 6.22. The monoisotopic (exact) mass is 344 g/mol. The molecule has 25 heavy (non-hydrogen) atoms. The van der Waals surface area contributed by atoms with E-state index in [2.05, 4.69) is 11.0 Å². The van der Waals surface area contributed by atoms with Crippen LogP contribution >= 0.6 is 0 Å². The number of ether oxygens (including phenoxy) is 1. The van der Waals surface area contributed by atoms with Gasteiger partial charge in [-0.3, -0.25) is 9.69 Å². The number of carbonyl (C=O) groups is 1. The number of nitrogens with zero attached hydrogens (tertiary/aromatic N) is 1. The summed E-state index contributed by atoms with van der Waals surface area (Å²) in [6.07, 6.45) is 5.29. The molecule has 2 saturated carbocycles. The summed E-state index contributed by atoms with van der Waals surface area (Å²) in [5.74, 6) is 0.345. The predicted molar refractivity (Wildman–Crippen MR) is 95.1 cm³/mol. The fourth-order valence-electron chi connectivity index (χ4n) is 5.21. The molecule has 3 fully saturated rings. The summed E-state index contributed by atoms with van der Waals surface area (Å²) in [5.41, 5.74) is 6.31. The van der Waals surface area contributed by atoms with Crippen molar-refractivity contribution in [3.05, 3.63) is 35.4 Å². The van der Waals surface area contributed by atoms with Gasteiger partial charge in [0.05, 0.1) is 5.60 Å². The third-order valence-corrected chi connectivity index (χ3v) is 6.56. The summed E-state index contributed by atoms with van der Waals surface area (Å²) in [4.78, 5) is 14.1. The Morgan fingerprint density at radius 3 is 2.56 bits per heavy atom. The van der Waals surface area contributed by atoms with E-state index in [9.17, 15) is 9.90 Å². The van der Waals surface area contributed by atoms with Crippen LogP contribution in [0.4, 0.5) is 0 Å². The Balaban J connectivity index is 1.66. The summed E-state index contributed by atoms with van der Waals surface area (Å²) in [7, 11) is 1.80. The number of primary amides is 1. The second-order valence-electron chi connectivity index (χ2n) is 8.19. The van der Waals surface area contributed by atoms with Gasteiger partial charge in [0.2, 0.25) is 5.91 Å². The first-order valence-electron chi connectivity index (χ1n) is 9.37. The van der Waals surface area contributed by atoms with E-state index >= 15 is 0 Å². The first kappa shape index (κ1) is 17.0. The Morgan fingerprint density at radius 2 is 2.00 bits per heavy atom. The lowest BCUT2D eigenvalue weighted by molar-refractivity contribution is -0.172. The van der Waals surface area contributed by atoms with Crippen LogP contribution < -0.4 is 5.73 Å². The smallest absolute Gasteiger partial charge is 0.248 e. The molecule has 3 atom stereocenters. The standard InChI is InChI=1S/C20H28N2O3/c1-25-20(15-5-2-4-14(10-15)18(21)23)16-6-3-7-17(20)12-22(11-16)13-19(24)8-9-19/h2,4-5,10,16-17,24H,3,6-9,11-13H2,1H3,(H2,21,23)/t16-,17+,20-. The molecule has 1 amide bonds. The predicted octanol–water partition coefficient (Wildman–Crippen LogP) is 1.88. The van der Waals surface area contributed by atoms with Gasteiger partial charge in [0.1, 0.15) is 5.60 Å². The number of fused-ring (bicyclic) bond motifs is 2. The van der Waals surface area contributed by atoms with Gasteiger partial charge in [-0.1, -0.05) is 18.6 Å². The van der Waals surface area contributed by atoms with Crippen LogP contribution in [0.2, 0.25) is 0 Å². The summed E-state index contributed by atoms with van der Waals surface area (Å²) in [5, 5.41) is 10.3. The van der Waals surface area contributed by atoms with Crippen LogP contribution in [0, 0.1) is 11.8 Å². The van der Waals surface area contributed by atoms with E-state index in [0.29, 0.717) is 17.4 Å². The zero-order chi connectivity index (χ0) is 17.7. The van der Waals surface area contributed by atoms with E-state index in [0.717, 1.165) is 50.9 Å². The zero-order valence-electron chi connectivity index (χ0n) is 14.9. The van der Waals surface area contributed by atoms with E-state index in [1.54, 1.807) is 13.2 Å². The highest BCUT2D eigenvalue weighted by Gasteiger charge is 2.54. The molecular formula is C20H28N2O3. The number of rotatable bonds is 5. The van der Waals surface area contributed by atoms with Crippen LogP contribution in [0.25, 0.3) is 0 Å². The van der Waals surface area contributed by atoms with Crippen molar-refractivity contribution >= 4 is 5.91 Å². The van der Waals surface area contributed by atoms with E-state index in [1.807, 2.05) is 12.1 Å². The van der Waals surface area contributed by atoms with Crippen molar-refractivity contribution < 1.29 is 14.6 Å². The number of hydrogen-bond acceptors (Lipinski definition) is 4. The van der Waals surface area contributed by atoms with Gasteiger partial charge in [0, 0.05) is 44.1 Å². The highest BCUT2D eigenvalue weighted by atomic mass is 16.5. The summed E-state index contributed by atoms with van der Waals surface area (Å²) in [6, 6.07) is 7.67. The number of benzene rings is 1. The highest BCUT2D eigenvalue weighted by molar-refractivity contribution is 5.92. The molecule has 1 aliphatic heterocycles. The van der Waals surface area contributed by atoms with Crippen LogP contribution in [0.15, 0.2) is 24.3 Å². The van der Waals surface area contributed by atoms with Gasteiger partial charge < -0.3 is 15.6 Å². The molecular weight excluding hydrogens is 316 g/mol. The molecule has 5 heteroatoms. The van der Waals surface area contributed by atoms with Crippen molar-refractivity contribution in [2.75, 3.05) is 26.7 Å². The molecule has 0 unspecified atom stereocenters. The normalized spacial score (nSPS) is 33.8. The fraction of sp³-hybridized carbons (Fsp3) is 0.650. The third-order valence-electron chi connectivity index (χ3n) is 6.56. The summed E-state index contributed by atoms with van der Waals surface area (Å²) >= 11 is 0. The van der Waals surface area contributed by atoms with Gasteiger partial charge in [-0.2, -0.15) is 0 Å². The lowest BCUT2D eigenvalue weighted by Crippen LogP contribution is -2.60.